The molecule has 9 heteroatoms. The number of nitrogens with one attached hydrogen (secondary N) is 2. The summed E-state index contributed by atoms with van der Waals surface area (Å²) >= 11 is 1.11. The normalized spacial score (nSPS) is 16.0. The number of primary amides is 1. The number of amides is 2. The van der Waals surface area contributed by atoms with Gasteiger partial charge in [0.15, 0.2) is 0 Å². The summed E-state index contributed by atoms with van der Waals surface area (Å²) in [7, 11) is 1.52. The van der Waals surface area contributed by atoms with Gasteiger partial charge in [-0.1, -0.05) is 23.9 Å². The average molecular weight is 424 g/mol. The highest BCUT2D eigenvalue weighted by atomic mass is 32.2. The van der Waals surface area contributed by atoms with Gasteiger partial charge in [-0.3, -0.25) is 9.59 Å². The van der Waals surface area contributed by atoms with Crippen LogP contribution >= 0.6 is 11.8 Å². The number of hydrogen-bond acceptors (Lipinski definition) is 7. The van der Waals surface area contributed by atoms with E-state index in [4.69, 9.17) is 14.9 Å². The number of carbonyl (C=O) groups is 2. The number of ether oxygens (including phenoxy) is 1. The van der Waals surface area contributed by atoms with Crippen molar-refractivity contribution in [1.82, 2.24) is 5.32 Å². The summed E-state index contributed by atoms with van der Waals surface area (Å²) in [5.41, 5.74) is 6.89. The molecule has 30 heavy (non-hydrogen) atoms. The van der Waals surface area contributed by atoms with Crippen molar-refractivity contribution in [1.29, 1.82) is 5.26 Å². The number of benzene rings is 1. The third-order valence-electron chi connectivity index (χ3n) is 4.43. The lowest BCUT2D eigenvalue weighted by Crippen LogP contribution is -2.31. The molecule has 2 amide bonds. The summed E-state index contributed by atoms with van der Waals surface area (Å²) < 4.78 is 10.8. The smallest absolute Gasteiger partial charge is 0.254 e. The van der Waals surface area contributed by atoms with Crippen LogP contribution in [0.3, 0.4) is 0 Å². The summed E-state index contributed by atoms with van der Waals surface area (Å²) in [5.74, 6) is -0.712. The molecule has 0 bridgehead atoms. The van der Waals surface area contributed by atoms with Crippen LogP contribution in [0.4, 0.5) is 5.69 Å². The summed E-state index contributed by atoms with van der Waals surface area (Å²) in [6.45, 7) is 1.73. The van der Waals surface area contributed by atoms with Crippen LogP contribution in [0.25, 0.3) is 0 Å². The third kappa shape index (κ3) is 4.34. The lowest BCUT2D eigenvalue weighted by atomic mass is 9.85. The van der Waals surface area contributed by atoms with Crippen LogP contribution in [-0.4, -0.2) is 24.7 Å². The molecule has 1 aromatic heterocycles. The van der Waals surface area contributed by atoms with Gasteiger partial charge in [0.25, 0.3) is 5.91 Å². The fraction of sp³-hybridized carbons (Fsp3) is 0.190. The molecule has 1 aromatic carbocycles. The predicted octanol–water partition coefficient (Wildman–Crippen LogP) is 2.84. The van der Waals surface area contributed by atoms with Crippen molar-refractivity contribution >= 4 is 29.3 Å². The van der Waals surface area contributed by atoms with E-state index in [1.807, 2.05) is 0 Å². The summed E-state index contributed by atoms with van der Waals surface area (Å²) in [6, 6.07) is 12.6. The molecule has 154 valence electrons. The number of nitrogens with zero attached hydrogens (tertiary/aromatic N) is 1. The molecule has 0 fully saturated rings. The Morgan fingerprint density at radius 1 is 1.33 bits per heavy atom. The maximum atomic E-state index is 13.3. The van der Waals surface area contributed by atoms with Crippen LogP contribution in [0.5, 0.6) is 5.75 Å². The number of thioether (sulfide) groups is 1. The minimum absolute atomic E-state index is 0.00554. The second-order valence-electron chi connectivity index (χ2n) is 6.38. The van der Waals surface area contributed by atoms with E-state index in [1.165, 1.54) is 13.4 Å². The van der Waals surface area contributed by atoms with E-state index in [1.54, 1.807) is 43.3 Å². The Labute approximate surface area is 177 Å². The van der Waals surface area contributed by atoms with Crippen molar-refractivity contribution in [3.05, 3.63) is 70.3 Å². The molecule has 1 aliphatic heterocycles. The van der Waals surface area contributed by atoms with Crippen LogP contribution in [0.2, 0.25) is 0 Å². The highest BCUT2D eigenvalue weighted by molar-refractivity contribution is 8.03. The van der Waals surface area contributed by atoms with Gasteiger partial charge < -0.3 is 25.5 Å². The zero-order chi connectivity index (χ0) is 21.7. The van der Waals surface area contributed by atoms with Crippen LogP contribution in [0, 0.1) is 11.3 Å². The standard InChI is InChI=1S/C21H20N4O4S/c1-12-18(20(27)25-14-6-3-4-7-15(14)28-2)19(16-8-5-9-29-16)13(10-22)21(24-12)30-11-17(23)26/h3-9,19,24H,11H2,1-2H3,(H2,23,26)(H,25,27)/t19-/m0/s1. The molecule has 0 saturated heterocycles. The molecule has 0 aliphatic carbocycles. The van der Waals surface area contributed by atoms with Crippen molar-refractivity contribution < 1.29 is 18.7 Å². The first-order valence-corrected chi connectivity index (χ1v) is 9.95. The van der Waals surface area contributed by atoms with Gasteiger partial charge in [0.05, 0.1) is 53.0 Å². The third-order valence-corrected chi connectivity index (χ3v) is 5.47. The highest BCUT2D eigenvalue weighted by Crippen LogP contribution is 2.41. The fourth-order valence-corrected chi connectivity index (χ4v) is 3.98. The highest BCUT2D eigenvalue weighted by Gasteiger charge is 2.36. The number of para-hydroxylation sites is 2. The van der Waals surface area contributed by atoms with Crippen LogP contribution in [-0.2, 0) is 9.59 Å². The van der Waals surface area contributed by atoms with E-state index in [0.29, 0.717) is 33.5 Å². The number of carbonyl (C=O) groups excluding carboxylic acids is 2. The van der Waals surface area contributed by atoms with E-state index in [9.17, 15) is 14.9 Å². The zero-order valence-corrected chi connectivity index (χ0v) is 17.2. The van der Waals surface area contributed by atoms with Gasteiger partial charge in [0.1, 0.15) is 11.5 Å². The van der Waals surface area contributed by atoms with Crippen molar-refractivity contribution in [3.8, 4) is 11.8 Å². The van der Waals surface area contributed by atoms with Crippen LogP contribution < -0.4 is 21.1 Å². The Kier molecular flexibility index (Phi) is 6.49. The molecule has 0 spiro atoms. The second kappa shape index (κ2) is 9.24. The molecule has 4 N–H and O–H groups in total. The number of rotatable bonds is 7. The Bertz CT molecular complexity index is 1070. The quantitative estimate of drug-likeness (QED) is 0.623. The van der Waals surface area contributed by atoms with Gasteiger partial charge in [0, 0.05) is 5.70 Å². The molecule has 1 atom stereocenters. The van der Waals surface area contributed by atoms with Gasteiger partial charge in [-0.05, 0) is 31.2 Å². The lowest BCUT2D eigenvalue weighted by Gasteiger charge is -2.28. The predicted molar refractivity (Wildman–Crippen MR) is 113 cm³/mol. The minimum atomic E-state index is -0.740. The largest absolute Gasteiger partial charge is 0.495 e. The Hall–Kier alpha value is -3.64. The minimum Gasteiger partial charge on any atom is -0.495 e. The average Bonchev–Trinajstić information content (AvgIpc) is 3.26. The van der Waals surface area contributed by atoms with Gasteiger partial charge in [0.2, 0.25) is 5.91 Å². The monoisotopic (exact) mass is 424 g/mol. The molecular weight excluding hydrogens is 404 g/mol. The Morgan fingerprint density at radius 2 is 2.10 bits per heavy atom. The first-order valence-electron chi connectivity index (χ1n) is 8.97. The number of anilines is 1. The zero-order valence-electron chi connectivity index (χ0n) is 16.4. The van der Waals surface area contributed by atoms with Crippen molar-refractivity contribution in [3.63, 3.8) is 0 Å². The van der Waals surface area contributed by atoms with E-state index < -0.39 is 17.7 Å². The lowest BCUT2D eigenvalue weighted by molar-refractivity contribution is -0.115. The molecule has 0 saturated carbocycles. The van der Waals surface area contributed by atoms with Gasteiger partial charge in [-0.15, -0.1) is 0 Å². The van der Waals surface area contributed by atoms with Crippen molar-refractivity contribution in [2.24, 2.45) is 5.73 Å². The van der Waals surface area contributed by atoms with Crippen molar-refractivity contribution in [2.75, 3.05) is 18.2 Å². The van der Waals surface area contributed by atoms with Crippen LogP contribution in [0.1, 0.15) is 18.6 Å². The first-order chi connectivity index (χ1) is 14.5. The maximum Gasteiger partial charge on any atom is 0.254 e. The van der Waals surface area contributed by atoms with Crippen molar-refractivity contribution in [2.45, 2.75) is 12.8 Å². The number of methoxy groups -OCH3 is 1. The van der Waals surface area contributed by atoms with Gasteiger partial charge in [-0.2, -0.15) is 5.26 Å². The van der Waals surface area contributed by atoms with Gasteiger partial charge >= 0.3 is 0 Å². The summed E-state index contributed by atoms with van der Waals surface area (Å²) in [4.78, 5) is 24.5. The molecule has 2 aromatic rings. The molecule has 2 heterocycles. The molecule has 3 rings (SSSR count). The van der Waals surface area contributed by atoms with Gasteiger partial charge in [-0.25, -0.2) is 0 Å². The second-order valence-corrected chi connectivity index (χ2v) is 7.36. The number of nitriles is 1. The number of allylic oxidation sites excluding steroid dienone is 2. The van der Waals surface area contributed by atoms with Crippen LogP contribution in [0.15, 0.2) is 69.0 Å². The fourth-order valence-electron chi connectivity index (χ4n) is 3.15. The molecule has 0 radical (unpaired) electrons. The van der Waals surface area contributed by atoms with E-state index in [2.05, 4.69) is 16.7 Å². The molecule has 1 aliphatic rings. The van der Waals surface area contributed by atoms with E-state index in [-0.39, 0.29) is 11.3 Å². The SMILES string of the molecule is COc1ccccc1NC(=O)C1=C(C)NC(SCC(N)=O)=C(C#N)[C@H]1c1ccco1. The Morgan fingerprint density at radius 3 is 2.73 bits per heavy atom. The number of furan rings is 1. The number of dihydropyridines is 1. The molecule has 8 nitrogen and oxygen atoms in total. The topological polar surface area (TPSA) is 130 Å². The summed E-state index contributed by atoms with van der Waals surface area (Å²) in [6.07, 6.45) is 1.48. The molecule has 0 unspecified atom stereocenters. The molecular formula is C21H20N4O4S. The first kappa shape index (κ1) is 21.1. The van der Waals surface area contributed by atoms with E-state index in [0.717, 1.165) is 11.8 Å². The number of hydrogen-bond donors (Lipinski definition) is 3. The maximum absolute atomic E-state index is 13.3. The number of nitrogens with two attached hydrogens (primary N) is 1. The Balaban J connectivity index is 2.02. The summed E-state index contributed by atoms with van der Waals surface area (Å²) in [5, 5.41) is 16.2. The van der Waals surface area contributed by atoms with E-state index >= 15 is 0 Å².